The summed E-state index contributed by atoms with van der Waals surface area (Å²) in [6.45, 7) is 6.34. The molecule has 1 N–H and O–H groups in total. The van der Waals surface area contributed by atoms with Gasteiger partial charge >= 0.3 is 0 Å². The fraction of sp³-hybridized carbons (Fsp3) is 0.304. The Bertz CT molecular complexity index is 1070. The van der Waals surface area contributed by atoms with Crippen LogP contribution in [0, 0.1) is 6.92 Å². The summed E-state index contributed by atoms with van der Waals surface area (Å²) in [5.41, 5.74) is 3.25. The van der Waals surface area contributed by atoms with Gasteiger partial charge in [0.05, 0.1) is 5.92 Å². The highest BCUT2D eigenvalue weighted by Crippen LogP contribution is 2.32. The van der Waals surface area contributed by atoms with Crippen molar-refractivity contribution in [3.63, 3.8) is 0 Å². The summed E-state index contributed by atoms with van der Waals surface area (Å²) in [6, 6.07) is 15.0. The zero-order valence-corrected chi connectivity index (χ0v) is 17.3. The Labute approximate surface area is 175 Å². The highest BCUT2D eigenvalue weighted by molar-refractivity contribution is 5.96. The minimum atomic E-state index is -0.160. The van der Waals surface area contributed by atoms with E-state index in [-0.39, 0.29) is 23.8 Å². The minimum Gasteiger partial charge on any atom is -0.350 e. The number of nitrogens with one attached hydrogen (secondary N) is 1. The van der Waals surface area contributed by atoms with E-state index < -0.39 is 0 Å². The van der Waals surface area contributed by atoms with Crippen LogP contribution < -0.4 is 10.2 Å². The Kier molecular flexibility index (Phi) is 5.35. The van der Waals surface area contributed by atoms with Crippen molar-refractivity contribution in [1.82, 2.24) is 15.5 Å². The summed E-state index contributed by atoms with van der Waals surface area (Å²) in [5.74, 6) is 0.574. The van der Waals surface area contributed by atoms with Gasteiger partial charge < -0.3 is 14.7 Å². The van der Waals surface area contributed by atoms with Gasteiger partial charge in [0.25, 0.3) is 5.91 Å². The lowest BCUT2D eigenvalue weighted by atomic mass is 10.1. The van der Waals surface area contributed by atoms with Gasteiger partial charge in [-0.3, -0.25) is 9.59 Å². The Morgan fingerprint density at radius 1 is 1.20 bits per heavy atom. The van der Waals surface area contributed by atoms with Gasteiger partial charge in [0.15, 0.2) is 0 Å². The van der Waals surface area contributed by atoms with Crippen molar-refractivity contribution in [2.75, 3.05) is 11.4 Å². The summed E-state index contributed by atoms with van der Waals surface area (Å²) >= 11 is 0. The molecule has 2 amide bonds. The van der Waals surface area contributed by atoms with Crippen LogP contribution in [0.1, 0.15) is 48.0 Å². The van der Waals surface area contributed by atoms with Gasteiger partial charge in [0.2, 0.25) is 17.6 Å². The quantitative estimate of drug-likeness (QED) is 0.700. The maximum atomic E-state index is 12.5. The van der Waals surface area contributed by atoms with Gasteiger partial charge in [0, 0.05) is 35.8 Å². The third-order valence-corrected chi connectivity index (χ3v) is 5.06. The standard InChI is InChI=1S/C23H24N4O3/c1-14(2)24-22(29)17-6-4-5-16(11-17)21-25-23(30-26-21)18-12-20(28)27(13-18)19-9-7-15(3)8-10-19/h4-11,14,18H,12-13H2,1-3H3,(H,24,29)/t18-/m1/s1. The molecule has 30 heavy (non-hydrogen) atoms. The second-order valence-electron chi connectivity index (χ2n) is 7.91. The summed E-state index contributed by atoms with van der Waals surface area (Å²) in [4.78, 5) is 31.0. The molecule has 1 fully saturated rings. The SMILES string of the molecule is Cc1ccc(N2C[C@H](c3nc(-c4cccc(C(=O)NC(C)C)c4)no3)CC2=O)cc1. The Balaban J connectivity index is 1.51. The monoisotopic (exact) mass is 404 g/mol. The summed E-state index contributed by atoms with van der Waals surface area (Å²) in [5, 5.41) is 6.95. The number of hydrogen-bond donors (Lipinski definition) is 1. The number of aromatic nitrogens is 2. The van der Waals surface area contributed by atoms with Crippen LogP contribution in [0.2, 0.25) is 0 Å². The molecule has 1 saturated heterocycles. The molecular weight excluding hydrogens is 380 g/mol. The second-order valence-corrected chi connectivity index (χ2v) is 7.91. The Hall–Kier alpha value is -3.48. The predicted molar refractivity (Wildman–Crippen MR) is 113 cm³/mol. The molecule has 1 atom stereocenters. The Morgan fingerprint density at radius 3 is 2.70 bits per heavy atom. The molecule has 3 aromatic rings. The summed E-state index contributed by atoms with van der Waals surface area (Å²) < 4.78 is 5.48. The molecule has 2 heterocycles. The fourth-order valence-electron chi connectivity index (χ4n) is 3.51. The minimum absolute atomic E-state index is 0.0379. The van der Waals surface area contributed by atoms with Crippen molar-refractivity contribution in [3.05, 3.63) is 65.5 Å². The van der Waals surface area contributed by atoms with Crippen LogP contribution in [0.4, 0.5) is 5.69 Å². The van der Waals surface area contributed by atoms with Crippen molar-refractivity contribution in [1.29, 1.82) is 0 Å². The van der Waals surface area contributed by atoms with Gasteiger partial charge in [-0.2, -0.15) is 4.98 Å². The van der Waals surface area contributed by atoms with Gasteiger partial charge in [-0.05, 0) is 45.0 Å². The number of aryl methyl sites for hydroxylation is 1. The highest BCUT2D eigenvalue weighted by Gasteiger charge is 2.35. The third kappa shape index (κ3) is 4.10. The van der Waals surface area contributed by atoms with Crippen LogP contribution in [0.25, 0.3) is 11.4 Å². The lowest BCUT2D eigenvalue weighted by Gasteiger charge is -2.16. The zero-order valence-electron chi connectivity index (χ0n) is 17.3. The van der Waals surface area contributed by atoms with E-state index in [0.29, 0.717) is 35.8 Å². The molecule has 0 aliphatic carbocycles. The number of carbonyl (C=O) groups is 2. The smallest absolute Gasteiger partial charge is 0.251 e. The van der Waals surface area contributed by atoms with Crippen LogP contribution in [-0.2, 0) is 4.79 Å². The first-order chi connectivity index (χ1) is 14.4. The molecule has 1 aromatic heterocycles. The van der Waals surface area contributed by atoms with Crippen molar-refractivity contribution in [2.45, 2.75) is 39.2 Å². The molecule has 0 bridgehead atoms. The molecule has 1 aliphatic heterocycles. The molecule has 0 saturated carbocycles. The van der Waals surface area contributed by atoms with Crippen molar-refractivity contribution < 1.29 is 14.1 Å². The fourth-order valence-corrected chi connectivity index (χ4v) is 3.51. The van der Waals surface area contributed by atoms with Crippen LogP contribution in [0.15, 0.2) is 53.1 Å². The van der Waals surface area contributed by atoms with Gasteiger partial charge in [-0.15, -0.1) is 0 Å². The number of rotatable bonds is 5. The molecule has 0 unspecified atom stereocenters. The number of hydrogen-bond acceptors (Lipinski definition) is 5. The number of amides is 2. The van der Waals surface area contributed by atoms with Crippen molar-refractivity contribution in [2.24, 2.45) is 0 Å². The molecule has 4 rings (SSSR count). The van der Waals surface area contributed by atoms with Gasteiger partial charge in [0.1, 0.15) is 0 Å². The molecule has 1 aliphatic rings. The van der Waals surface area contributed by atoms with Crippen LogP contribution in [-0.4, -0.2) is 34.5 Å². The first-order valence-corrected chi connectivity index (χ1v) is 10.0. The van der Waals surface area contributed by atoms with E-state index in [2.05, 4.69) is 15.5 Å². The van der Waals surface area contributed by atoms with E-state index in [9.17, 15) is 9.59 Å². The molecule has 0 spiro atoms. The van der Waals surface area contributed by atoms with Crippen LogP contribution in [0.5, 0.6) is 0 Å². The van der Waals surface area contributed by atoms with E-state index in [0.717, 1.165) is 11.3 Å². The number of anilines is 1. The molecule has 2 aromatic carbocycles. The van der Waals surface area contributed by atoms with E-state index in [1.165, 1.54) is 0 Å². The molecular formula is C23H24N4O3. The topological polar surface area (TPSA) is 88.3 Å². The highest BCUT2D eigenvalue weighted by atomic mass is 16.5. The zero-order chi connectivity index (χ0) is 21.3. The average Bonchev–Trinajstić information content (AvgIpc) is 3.35. The third-order valence-electron chi connectivity index (χ3n) is 5.06. The predicted octanol–water partition coefficient (Wildman–Crippen LogP) is 3.70. The number of nitrogens with zero attached hydrogens (tertiary/aromatic N) is 3. The summed E-state index contributed by atoms with van der Waals surface area (Å²) in [7, 11) is 0. The maximum absolute atomic E-state index is 12.5. The molecule has 7 heteroatoms. The van der Waals surface area contributed by atoms with E-state index in [1.807, 2.05) is 51.1 Å². The number of carbonyl (C=O) groups excluding carboxylic acids is 2. The van der Waals surface area contributed by atoms with Crippen molar-refractivity contribution >= 4 is 17.5 Å². The maximum Gasteiger partial charge on any atom is 0.251 e. The normalized spacial score (nSPS) is 16.3. The van der Waals surface area contributed by atoms with Gasteiger partial charge in [-0.1, -0.05) is 35.0 Å². The lowest BCUT2D eigenvalue weighted by Crippen LogP contribution is -2.30. The second kappa shape index (κ2) is 8.10. The molecule has 7 nitrogen and oxygen atoms in total. The van der Waals surface area contributed by atoms with E-state index in [4.69, 9.17) is 4.52 Å². The summed E-state index contributed by atoms with van der Waals surface area (Å²) in [6.07, 6.45) is 0.326. The molecule has 0 radical (unpaired) electrons. The first-order valence-electron chi connectivity index (χ1n) is 10.0. The van der Waals surface area contributed by atoms with Crippen LogP contribution in [0.3, 0.4) is 0 Å². The Morgan fingerprint density at radius 2 is 1.97 bits per heavy atom. The van der Waals surface area contributed by atoms with E-state index >= 15 is 0 Å². The first kappa shape index (κ1) is 19.8. The van der Waals surface area contributed by atoms with Gasteiger partial charge in [-0.25, -0.2) is 0 Å². The molecule has 154 valence electrons. The van der Waals surface area contributed by atoms with Crippen LogP contribution >= 0.6 is 0 Å². The lowest BCUT2D eigenvalue weighted by molar-refractivity contribution is -0.117. The van der Waals surface area contributed by atoms with Crippen molar-refractivity contribution in [3.8, 4) is 11.4 Å². The average molecular weight is 404 g/mol. The van der Waals surface area contributed by atoms with E-state index in [1.54, 1.807) is 23.1 Å². The number of benzene rings is 2. The largest absolute Gasteiger partial charge is 0.350 e.